The Hall–Kier alpha value is -2.45. The Kier molecular flexibility index (Phi) is 6.49. The van der Waals surface area contributed by atoms with E-state index < -0.39 is 16.9 Å². The summed E-state index contributed by atoms with van der Waals surface area (Å²) < 4.78 is 6.41. The van der Waals surface area contributed by atoms with Crippen LogP contribution in [0.1, 0.15) is 11.6 Å². The van der Waals surface area contributed by atoms with Crippen LogP contribution in [-0.4, -0.2) is 35.9 Å². The van der Waals surface area contributed by atoms with Crippen LogP contribution in [0.15, 0.2) is 53.0 Å². The fourth-order valence-corrected chi connectivity index (χ4v) is 2.85. The van der Waals surface area contributed by atoms with E-state index in [2.05, 4.69) is 15.9 Å². The van der Waals surface area contributed by atoms with E-state index in [-0.39, 0.29) is 12.3 Å². The molecule has 7 nitrogen and oxygen atoms in total. The summed E-state index contributed by atoms with van der Waals surface area (Å²) in [5.74, 6) is -0.0587. The molecule has 0 aliphatic rings. The number of likely N-dealkylation sites (N-methyl/N-ethyl adjacent to an activating group) is 1. The van der Waals surface area contributed by atoms with Gasteiger partial charge in [0.25, 0.3) is 5.69 Å². The zero-order chi connectivity index (χ0) is 18.4. The molecule has 0 bridgehead atoms. The number of nitrogens with zero attached hydrogens (tertiary/aromatic N) is 2. The van der Waals surface area contributed by atoms with Crippen LogP contribution in [0.3, 0.4) is 0 Å². The Labute approximate surface area is 153 Å². The zero-order valence-corrected chi connectivity index (χ0v) is 15.2. The molecule has 0 saturated carbocycles. The van der Waals surface area contributed by atoms with Crippen molar-refractivity contribution in [3.63, 3.8) is 0 Å². The van der Waals surface area contributed by atoms with Gasteiger partial charge in [-0.2, -0.15) is 0 Å². The minimum atomic E-state index is -0.591. The number of halogens is 1. The lowest BCUT2D eigenvalue weighted by Gasteiger charge is -2.26. The predicted molar refractivity (Wildman–Crippen MR) is 97.3 cm³/mol. The van der Waals surface area contributed by atoms with Crippen LogP contribution in [0.2, 0.25) is 0 Å². The number of primary amides is 1. The number of amides is 1. The van der Waals surface area contributed by atoms with Crippen LogP contribution in [0.4, 0.5) is 5.69 Å². The van der Waals surface area contributed by atoms with Gasteiger partial charge in [0.05, 0.1) is 11.0 Å². The maximum absolute atomic E-state index is 11.9. The van der Waals surface area contributed by atoms with Gasteiger partial charge in [-0.15, -0.1) is 0 Å². The minimum Gasteiger partial charge on any atom is -0.492 e. The van der Waals surface area contributed by atoms with Gasteiger partial charge in [-0.25, -0.2) is 0 Å². The van der Waals surface area contributed by atoms with Gasteiger partial charge in [-0.05, 0) is 30.8 Å². The maximum Gasteiger partial charge on any atom is 0.273 e. The first-order valence-electron chi connectivity index (χ1n) is 7.51. The Morgan fingerprint density at radius 1 is 1.32 bits per heavy atom. The van der Waals surface area contributed by atoms with Gasteiger partial charge >= 0.3 is 0 Å². The number of non-ortho nitro benzene ring substituents is 1. The first-order valence-corrected chi connectivity index (χ1v) is 8.30. The summed E-state index contributed by atoms with van der Waals surface area (Å²) in [4.78, 5) is 23.9. The molecule has 0 fully saturated rings. The van der Waals surface area contributed by atoms with Gasteiger partial charge in [0.1, 0.15) is 18.4 Å². The van der Waals surface area contributed by atoms with Crippen molar-refractivity contribution in [2.24, 2.45) is 5.73 Å². The Balaban J connectivity index is 2.00. The van der Waals surface area contributed by atoms with E-state index in [1.54, 1.807) is 24.1 Å². The molecule has 1 unspecified atom stereocenters. The summed E-state index contributed by atoms with van der Waals surface area (Å²) in [5, 5.41) is 10.8. The molecule has 2 aromatic carbocycles. The molecule has 2 rings (SSSR count). The quantitative estimate of drug-likeness (QED) is 0.535. The van der Waals surface area contributed by atoms with Crippen LogP contribution in [0, 0.1) is 10.1 Å². The predicted octanol–water partition coefficient (Wildman–Crippen LogP) is 2.89. The Morgan fingerprint density at radius 3 is 2.68 bits per heavy atom. The van der Waals surface area contributed by atoms with Gasteiger partial charge in [0, 0.05) is 17.1 Å². The summed E-state index contributed by atoms with van der Waals surface area (Å²) in [6, 6.07) is 12.8. The van der Waals surface area contributed by atoms with Gasteiger partial charge in [-0.1, -0.05) is 34.1 Å². The van der Waals surface area contributed by atoms with Crippen LogP contribution in [0.5, 0.6) is 5.75 Å². The number of carbonyl (C=O) groups excluding carboxylic acids is 1. The van der Waals surface area contributed by atoms with Gasteiger partial charge in [-0.3, -0.25) is 19.8 Å². The molecule has 0 heterocycles. The lowest BCUT2D eigenvalue weighted by Crippen LogP contribution is -2.37. The average molecular weight is 408 g/mol. The molecule has 2 aromatic rings. The van der Waals surface area contributed by atoms with Crippen molar-refractivity contribution < 1.29 is 14.5 Å². The largest absolute Gasteiger partial charge is 0.492 e. The third-order valence-electron chi connectivity index (χ3n) is 3.62. The highest BCUT2D eigenvalue weighted by Crippen LogP contribution is 2.23. The summed E-state index contributed by atoms with van der Waals surface area (Å²) in [7, 11) is 1.77. The van der Waals surface area contributed by atoms with Gasteiger partial charge < -0.3 is 10.5 Å². The summed E-state index contributed by atoms with van der Waals surface area (Å²) in [6.07, 6.45) is 0. The highest BCUT2D eigenvalue weighted by Gasteiger charge is 2.23. The fraction of sp³-hybridized carbons (Fsp3) is 0.235. The summed E-state index contributed by atoms with van der Waals surface area (Å²) in [6.45, 7) is 0.679. The Bertz CT molecular complexity index is 769. The number of benzene rings is 2. The number of rotatable bonds is 8. The lowest BCUT2D eigenvalue weighted by atomic mass is 10.1. The van der Waals surface area contributed by atoms with E-state index in [1.807, 2.05) is 24.3 Å². The first kappa shape index (κ1) is 18.9. The molecular formula is C17H18BrN3O4. The maximum atomic E-state index is 11.9. The second-order valence-corrected chi connectivity index (χ2v) is 6.36. The number of hydrogen-bond donors (Lipinski definition) is 1. The number of carbonyl (C=O) groups is 1. The molecule has 25 heavy (non-hydrogen) atoms. The van der Waals surface area contributed by atoms with Gasteiger partial charge in [0.15, 0.2) is 0 Å². The van der Waals surface area contributed by atoms with Crippen molar-refractivity contribution in [1.82, 2.24) is 4.90 Å². The molecule has 0 saturated heterocycles. The SMILES string of the molecule is CN(CCOc1cccc([N+](=O)[O-])c1)C(C(N)=O)c1cccc(Br)c1. The van der Waals surface area contributed by atoms with Crippen LogP contribution in [-0.2, 0) is 4.79 Å². The van der Waals surface area contributed by atoms with Crippen molar-refractivity contribution in [1.29, 1.82) is 0 Å². The fourth-order valence-electron chi connectivity index (χ4n) is 2.44. The number of nitrogens with two attached hydrogens (primary N) is 1. The molecule has 1 atom stereocenters. The molecule has 2 N–H and O–H groups in total. The Morgan fingerprint density at radius 2 is 2.04 bits per heavy atom. The van der Waals surface area contributed by atoms with Gasteiger partial charge in [0.2, 0.25) is 5.91 Å². The third-order valence-corrected chi connectivity index (χ3v) is 4.11. The highest BCUT2D eigenvalue weighted by molar-refractivity contribution is 9.10. The normalized spacial score (nSPS) is 12.0. The van der Waals surface area contributed by atoms with Crippen molar-refractivity contribution in [3.05, 3.63) is 68.7 Å². The monoisotopic (exact) mass is 407 g/mol. The summed E-state index contributed by atoms with van der Waals surface area (Å²) in [5.41, 5.74) is 6.29. The zero-order valence-electron chi connectivity index (χ0n) is 13.6. The number of nitro benzene ring substituents is 1. The minimum absolute atomic E-state index is 0.0324. The van der Waals surface area contributed by atoms with E-state index in [9.17, 15) is 14.9 Å². The van der Waals surface area contributed by atoms with E-state index in [0.29, 0.717) is 12.3 Å². The standard InChI is InChI=1S/C17H18BrN3O4/c1-20(16(17(19)22)12-4-2-5-13(18)10-12)8-9-25-15-7-3-6-14(11-15)21(23)24/h2-7,10-11,16H,8-9H2,1H3,(H2,19,22). The van der Waals surface area contributed by atoms with Crippen LogP contribution in [0.25, 0.3) is 0 Å². The topological polar surface area (TPSA) is 98.7 Å². The van der Waals surface area contributed by atoms with Crippen LogP contribution < -0.4 is 10.5 Å². The summed E-state index contributed by atoms with van der Waals surface area (Å²) >= 11 is 3.38. The van der Waals surface area contributed by atoms with Crippen molar-refractivity contribution >= 4 is 27.5 Å². The van der Waals surface area contributed by atoms with E-state index in [1.165, 1.54) is 12.1 Å². The molecule has 132 valence electrons. The number of hydrogen-bond acceptors (Lipinski definition) is 5. The van der Waals surface area contributed by atoms with E-state index in [4.69, 9.17) is 10.5 Å². The molecule has 0 aliphatic heterocycles. The average Bonchev–Trinajstić information content (AvgIpc) is 2.55. The number of ether oxygens (including phenoxy) is 1. The van der Waals surface area contributed by atoms with Crippen LogP contribution >= 0.6 is 15.9 Å². The highest BCUT2D eigenvalue weighted by atomic mass is 79.9. The van der Waals surface area contributed by atoms with E-state index >= 15 is 0 Å². The third kappa shape index (κ3) is 5.27. The van der Waals surface area contributed by atoms with Crippen molar-refractivity contribution in [2.75, 3.05) is 20.2 Å². The molecule has 1 amide bonds. The second kappa shape index (κ2) is 8.59. The van der Waals surface area contributed by atoms with Crippen molar-refractivity contribution in [2.45, 2.75) is 6.04 Å². The molecule has 0 spiro atoms. The molecule has 8 heteroatoms. The smallest absolute Gasteiger partial charge is 0.273 e. The molecule has 0 radical (unpaired) electrons. The molecular weight excluding hydrogens is 390 g/mol. The van der Waals surface area contributed by atoms with Crippen molar-refractivity contribution in [3.8, 4) is 5.75 Å². The molecule has 0 aliphatic carbocycles. The molecule has 0 aromatic heterocycles. The second-order valence-electron chi connectivity index (χ2n) is 5.44. The lowest BCUT2D eigenvalue weighted by molar-refractivity contribution is -0.384. The first-order chi connectivity index (χ1) is 11.9. The van der Waals surface area contributed by atoms with E-state index in [0.717, 1.165) is 10.0 Å². The number of nitro groups is 1.